The molecule has 0 aromatic rings. The van der Waals surface area contributed by atoms with Gasteiger partial charge in [-0.25, -0.2) is 0 Å². The number of aliphatic hydroxyl groups excluding tert-OH is 1. The second-order valence-electron chi connectivity index (χ2n) is 4.62. The zero-order valence-corrected chi connectivity index (χ0v) is 11.9. The molecule has 0 aromatic carbocycles. The van der Waals surface area contributed by atoms with Gasteiger partial charge in [0.2, 0.25) is 0 Å². The number of carbonyl (C=O) groups excluding carboxylic acids is 1. The van der Waals surface area contributed by atoms with Crippen molar-refractivity contribution in [3.8, 4) is 0 Å². The molecule has 0 heterocycles. The van der Waals surface area contributed by atoms with E-state index in [4.69, 9.17) is 9.47 Å². The highest BCUT2D eigenvalue weighted by Crippen LogP contribution is 2.23. The largest absolute Gasteiger partial charge is 0.390 e. The fraction of sp³-hybridized carbons (Fsp3) is 0.909. The fourth-order valence-electron chi connectivity index (χ4n) is 0.781. The third kappa shape index (κ3) is 5.35. The number of hydrogen-bond acceptors (Lipinski definition) is 4. The molecular formula is C11H23O4P. The molecule has 3 unspecified atom stereocenters. The van der Waals surface area contributed by atoms with Crippen LogP contribution in [0.5, 0.6) is 0 Å². The van der Waals surface area contributed by atoms with Crippen LogP contribution in [0.3, 0.4) is 0 Å². The van der Waals surface area contributed by atoms with Crippen molar-refractivity contribution in [3.63, 3.8) is 0 Å². The molecule has 0 aliphatic heterocycles. The summed E-state index contributed by atoms with van der Waals surface area (Å²) in [6.07, 6.45) is -0.585. The third-order valence-electron chi connectivity index (χ3n) is 2.64. The van der Waals surface area contributed by atoms with E-state index >= 15 is 0 Å². The molecule has 3 atom stereocenters. The summed E-state index contributed by atoms with van der Waals surface area (Å²) in [5, 5.41) is 8.71. The van der Waals surface area contributed by atoms with Crippen LogP contribution in [0.2, 0.25) is 0 Å². The van der Waals surface area contributed by atoms with Crippen LogP contribution in [0.4, 0.5) is 0 Å². The van der Waals surface area contributed by atoms with Gasteiger partial charge in [-0.3, -0.25) is 4.79 Å². The van der Waals surface area contributed by atoms with E-state index < -0.39 is 17.0 Å². The lowest BCUT2D eigenvalue weighted by Crippen LogP contribution is -2.37. The highest BCUT2D eigenvalue weighted by atomic mass is 31.0. The first-order chi connectivity index (χ1) is 7.09. The van der Waals surface area contributed by atoms with Crippen molar-refractivity contribution in [3.05, 3.63) is 0 Å². The first-order valence-electron chi connectivity index (χ1n) is 5.35. The van der Waals surface area contributed by atoms with E-state index in [-0.39, 0.29) is 5.78 Å². The Balaban J connectivity index is 3.90. The smallest absolute Gasteiger partial charge is 0.160 e. The van der Waals surface area contributed by atoms with Gasteiger partial charge in [0.1, 0.15) is 10.9 Å². The van der Waals surface area contributed by atoms with Crippen LogP contribution in [0.15, 0.2) is 0 Å². The Morgan fingerprint density at radius 3 is 2.12 bits per heavy atom. The Kier molecular flexibility index (Phi) is 6.05. The van der Waals surface area contributed by atoms with Crippen molar-refractivity contribution in [1.82, 2.24) is 0 Å². The highest BCUT2D eigenvalue weighted by molar-refractivity contribution is 7.18. The molecule has 0 radical (unpaired) electrons. The van der Waals surface area contributed by atoms with Crippen LogP contribution in [0.25, 0.3) is 0 Å². The van der Waals surface area contributed by atoms with E-state index in [1.54, 1.807) is 27.7 Å². The van der Waals surface area contributed by atoms with Gasteiger partial charge in [-0.15, -0.1) is 9.24 Å². The monoisotopic (exact) mass is 250 g/mol. The normalized spacial score (nSPS) is 17.9. The molecule has 5 heteroatoms. The number of ether oxygens (including phenoxy) is 2. The summed E-state index contributed by atoms with van der Waals surface area (Å²) in [5.41, 5.74) is -0.772. The van der Waals surface area contributed by atoms with Gasteiger partial charge < -0.3 is 14.6 Å². The maximum atomic E-state index is 11.2. The molecule has 0 aliphatic rings. The van der Waals surface area contributed by atoms with Gasteiger partial charge in [0, 0.05) is 0 Å². The van der Waals surface area contributed by atoms with Crippen LogP contribution in [0.1, 0.15) is 34.6 Å². The second-order valence-corrected chi connectivity index (χ2v) is 5.77. The molecule has 0 aliphatic carbocycles. The average molecular weight is 250 g/mol. The molecule has 0 bridgehead atoms. The zero-order valence-electron chi connectivity index (χ0n) is 10.7. The topological polar surface area (TPSA) is 55.8 Å². The molecule has 0 saturated heterocycles. The molecule has 0 saturated carbocycles. The minimum absolute atomic E-state index is 0.0170. The molecule has 96 valence electrons. The third-order valence-corrected chi connectivity index (χ3v) is 3.29. The summed E-state index contributed by atoms with van der Waals surface area (Å²) in [6.45, 7) is 9.04. The summed E-state index contributed by atoms with van der Waals surface area (Å²) in [4.78, 5) is 11.2. The van der Waals surface area contributed by atoms with Crippen molar-refractivity contribution in [1.29, 1.82) is 0 Å². The number of hydrogen-bond donors (Lipinski definition) is 1. The molecule has 0 amide bonds. The molecule has 1 N–H and O–H groups in total. The van der Waals surface area contributed by atoms with Gasteiger partial charge in [0.25, 0.3) is 0 Å². The summed E-state index contributed by atoms with van der Waals surface area (Å²) < 4.78 is 10.8. The summed E-state index contributed by atoms with van der Waals surface area (Å²) in [7, 11) is 2.46. The molecule has 16 heavy (non-hydrogen) atoms. The van der Waals surface area contributed by atoms with Crippen molar-refractivity contribution >= 4 is 15.0 Å². The van der Waals surface area contributed by atoms with E-state index in [9.17, 15) is 9.90 Å². The quantitative estimate of drug-likeness (QED) is 0.547. The van der Waals surface area contributed by atoms with Crippen molar-refractivity contribution < 1.29 is 19.4 Å². The SMILES string of the molecule is CC(=O)C(C)(C)OCCOC(C)(P)C(C)O. The maximum Gasteiger partial charge on any atom is 0.160 e. The predicted molar refractivity (Wildman–Crippen MR) is 66.5 cm³/mol. The lowest BCUT2D eigenvalue weighted by atomic mass is 10.1. The highest BCUT2D eigenvalue weighted by Gasteiger charge is 2.27. The van der Waals surface area contributed by atoms with E-state index in [0.717, 1.165) is 0 Å². The zero-order chi connectivity index (χ0) is 13.0. The van der Waals surface area contributed by atoms with Crippen molar-refractivity contribution in [2.75, 3.05) is 13.2 Å². The second kappa shape index (κ2) is 6.06. The summed E-state index contributed by atoms with van der Waals surface area (Å²) in [5.74, 6) is -0.0170. The van der Waals surface area contributed by atoms with Gasteiger partial charge in [-0.2, -0.15) is 0 Å². The Morgan fingerprint density at radius 1 is 1.31 bits per heavy atom. The van der Waals surface area contributed by atoms with Gasteiger partial charge in [-0.05, 0) is 34.6 Å². The summed E-state index contributed by atoms with van der Waals surface area (Å²) in [6, 6.07) is 0. The van der Waals surface area contributed by atoms with E-state index in [1.165, 1.54) is 6.92 Å². The van der Waals surface area contributed by atoms with Crippen LogP contribution >= 0.6 is 9.24 Å². The molecule has 0 aromatic heterocycles. The summed E-state index contributed by atoms with van der Waals surface area (Å²) >= 11 is 0. The number of aliphatic hydroxyl groups is 1. The van der Waals surface area contributed by atoms with Crippen LogP contribution in [0, 0.1) is 0 Å². The standard InChI is InChI=1S/C11H23O4P/c1-8(12)10(3,4)14-6-7-15-11(5,16)9(2)13/h9,13H,6-7,16H2,1-5H3. The van der Waals surface area contributed by atoms with Gasteiger partial charge >= 0.3 is 0 Å². The maximum absolute atomic E-state index is 11.2. The lowest BCUT2D eigenvalue weighted by molar-refractivity contribution is -0.142. The minimum Gasteiger partial charge on any atom is -0.390 e. The van der Waals surface area contributed by atoms with E-state index in [2.05, 4.69) is 9.24 Å². The van der Waals surface area contributed by atoms with Crippen molar-refractivity contribution in [2.24, 2.45) is 0 Å². The molecule has 0 spiro atoms. The Hall–Kier alpha value is -0.0200. The predicted octanol–water partition coefficient (Wildman–Crippen LogP) is 1.36. The van der Waals surface area contributed by atoms with E-state index in [1.807, 2.05) is 0 Å². The molecule has 4 nitrogen and oxygen atoms in total. The van der Waals surface area contributed by atoms with E-state index in [0.29, 0.717) is 13.2 Å². The first-order valence-corrected chi connectivity index (χ1v) is 5.93. The number of rotatable bonds is 7. The minimum atomic E-state index is -0.772. The number of carbonyl (C=O) groups is 1. The molecular weight excluding hydrogens is 227 g/mol. The first kappa shape index (κ1) is 16.0. The van der Waals surface area contributed by atoms with Crippen LogP contribution < -0.4 is 0 Å². The van der Waals surface area contributed by atoms with Gasteiger partial charge in [-0.1, -0.05) is 0 Å². The van der Waals surface area contributed by atoms with Crippen LogP contribution in [-0.2, 0) is 14.3 Å². The fourth-order valence-corrected chi connectivity index (χ4v) is 0.898. The average Bonchev–Trinajstić information content (AvgIpc) is 2.12. The van der Waals surface area contributed by atoms with Crippen LogP contribution in [-0.4, -0.2) is 41.2 Å². The van der Waals surface area contributed by atoms with Gasteiger partial charge in [0.05, 0.1) is 19.3 Å². The lowest BCUT2D eigenvalue weighted by Gasteiger charge is -2.29. The Morgan fingerprint density at radius 2 is 1.75 bits per heavy atom. The number of ketones is 1. The number of Topliss-reactive ketones (excluding diaryl/α,β-unsaturated/α-hetero) is 1. The molecule has 0 fully saturated rings. The van der Waals surface area contributed by atoms with Crippen molar-refractivity contribution in [2.45, 2.75) is 51.7 Å². The Labute approximate surface area is 99.9 Å². The molecule has 0 rings (SSSR count). The van der Waals surface area contributed by atoms with Gasteiger partial charge in [0.15, 0.2) is 5.78 Å². The Bertz CT molecular complexity index is 236.